The molecular formula is C25H34N2O3. The third kappa shape index (κ3) is 6.77. The van der Waals surface area contributed by atoms with E-state index in [1.165, 1.54) is 5.56 Å². The van der Waals surface area contributed by atoms with Crippen molar-refractivity contribution in [3.05, 3.63) is 60.2 Å². The highest BCUT2D eigenvalue weighted by Gasteiger charge is 2.28. The fourth-order valence-corrected chi connectivity index (χ4v) is 3.65. The van der Waals surface area contributed by atoms with E-state index in [0.29, 0.717) is 6.04 Å². The van der Waals surface area contributed by atoms with Gasteiger partial charge in [-0.15, -0.1) is 0 Å². The lowest BCUT2D eigenvalue weighted by Crippen LogP contribution is -2.47. The summed E-state index contributed by atoms with van der Waals surface area (Å²) in [6, 6.07) is 18.7. The van der Waals surface area contributed by atoms with Crippen LogP contribution >= 0.6 is 0 Å². The Kier molecular flexibility index (Phi) is 7.38. The van der Waals surface area contributed by atoms with Gasteiger partial charge < -0.3 is 19.3 Å². The Labute approximate surface area is 180 Å². The molecule has 5 nitrogen and oxygen atoms in total. The van der Waals surface area contributed by atoms with Crippen LogP contribution in [0.15, 0.2) is 54.6 Å². The van der Waals surface area contributed by atoms with Crippen molar-refractivity contribution in [2.24, 2.45) is 0 Å². The summed E-state index contributed by atoms with van der Waals surface area (Å²) in [5.41, 5.74) is 0.861. The van der Waals surface area contributed by atoms with Crippen molar-refractivity contribution in [3.63, 3.8) is 0 Å². The minimum atomic E-state index is -0.438. The van der Waals surface area contributed by atoms with Gasteiger partial charge in [0, 0.05) is 25.7 Å². The van der Waals surface area contributed by atoms with Gasteiger partial charge in [-0.1, -0.05) is 30.3 Å². The fourth-order valence-electron chi connectivity index (χ4n) is 3.65. The molecule has 5 heteroatoms. The van der Waals surface area contributed by atoms with Gasteiger partial charge in [0.1, 0.15) is 17.1 Å². The molecule has 3 rings (SSSR count). The normalized spacial score (nSPS) is 15.3. The van der Waals surface area contributed by atoms with E-state index in [-0.39, 0.29) is 6.09 Å². The van der Waals surface area contributed by atoms with Crippen LogP contribution in [-0.2, 0) is 11.2 Å². The molecule has 1 aliphatic rings. The van der Waals surface area contributed by atoms with Gasteiger partial charge in [-0.05, 0) is 76.9 Å². The standard InChI is InChI=1S/C25H34N2O3/c1-25(2,3)30-24(28)27-18-15-21(16-19-27)26(4)17-14-20-10-12-23(13-11-20)29-22-8-6-5-7-9-22/h5-13,21H,14-19H2,1-4H3. The van der Waals surface area contributed by atoms with Gasteiger partial charge in [0.05, 0.1) is 0 Å². The van der Waals surface area contributed by atoms with Crippen LogP contribution in [0.1, 0.15) is 39.2 Å². The zero-order chi connectivity index (χ0) is 21.6. The van der Waals surface area contributed by atoms with Gasteiger partial charge in [0.25, 0.3) is 0 Å². The lowest BCUT2D eigenvalue weighted by Gasteiger charge is -2.37. The zero-order valence-corrected chi connectivity index (χ0v) is 18.6. The number of rotatable bonds is 6. The smallest absolute Gasteiger partial charge is 0.410 e. The van der Waals surface area contributed by atoms with E-state index in [2.05, 4.69) is 24.1 Å². The summed E-state index contributed by atoms with van der Waals surface area (Å²) in [4.78, 5) is 16.5. The van der Waals surface area contributed by atoms with Gasteiger partial charge in [-0.25, -0.2) is 4.79 Å². The Balaban J connectivity index is 1.41. The van der Waals surface area contributed by atoms with E-state index in [0.717, 1.165) is 50.4 Å². The molecule has 0 saturated carbocycles. The number of likely N-dealkylation sites (tertiary alicyclic amines) is 1. The van der Waals surface area contributed by atoms with Crippen LogP contribution in [-0.4, -0.2) is 54.2 Å². The maximum Gasteiger partial charge on any atom is 0.410 e. The molecule has 0 atom stereocenters. The van der Waals surface area contributed by atoms with Crippen molar-refractivity contribution >= 4 is 6.09 Å². The molecule has 162 valence electrons. The van der Waals surface area contributed by atoms with Gasteiger partial charge in [-0.3, -0.25) is 0 Å². The molecule has 1 aliphatic heterocycles. The van der Waals surface area contributed by atoms with Crippen LogP contribution in [0.3, 0.4) is 0 Å². The molecule has 0 radical (unpaired) electrons. The lowest BCUT2D eigenvalue weighted by atomic mass is 10.0. The lowest BCUT2D eigenvalue weighted by molar-refractivity contribution is 0.0157. The third-order valence-electron chi connectivity index (χ3n) is 5.39. The molecule has 1 saturated heterocycles. The average Bonchev–Trinajstić information content (AvgIpc) is 2.73. The number of carbonyl (C=O) groups is 1. The summed E-state index contributed by atoms with van der Waals surface area (Å²) in [6.45, 7) is 8.24. The first-order valence-corrected chi connectivity index (χ1v) is 10.8. The maximum atomic E-state index is 12.2. The van der Waals surface area contributed by atoms with E-state index in [1.807, 2.05) is 68.1 Å². The van der Waals surface area contributed by atoms with E-state index in [9.17, 15) is 4.79 Å². The summed E-state index contributed by atoms with van der Waals surface area (Å²) in [5.74, 6) is 1.70. The van der Waals surface area contributed by atoms with E-state index in [4.69, 9.17) is 9.47 Å². The van der Waals surface area contributed by atoms with Crippen LogP contribution < -0.4 is 4.74 Å². The predicted molar refractivity (Wildman–Crippen MR) is 120 cm³/mol. The van der Waals surface area contributed by atoms with Crippen LogP contribution in [0, 0.1) is 0 Å². The Morgan fingerprint density at radius 1 is 1.00 bits per heavy atom. The largest absolute Gasteiger partial charge is 0.457 e. The minimum absolute atomic E-state index is 0.193. The number of benzene rings is 2. The molecule has 0 spiro atoms. The van der Waals surface area contributed by atoms with E-state index < -0.39 is 5.60 Å². The van der Waals surface area contributed by atoms with Crippen LogP contribution in [0.4, 0.5) is 4.79 Å². The van der Waals surface area contributed by atoms with Crippen molar-refractivity contribution in [3.8, 4) is 11.5 Å². The predicted octanol–water partition coefficient (Wildman–Crippen LogP) is 5.35. The molecule has 2 aromatic carbocycles. The number of nitrogens with zero attached hydrogens (tertiary/aromatic N) is 2. The molecule has 1 fully saturated rings. The SMILES string of the molecule is CN(CCc1ccc(Oc2ccccc2)cc1)C1CCN(C(=O)OC(C)(C)C)CC1. The Bertz CT molecular complexity index is 791. The number of hydrogen-bond donors (Lipinski definition) is 0. The molecule has 0 bridgehead atoms. The summed E-state index contributed by atoms with van der Waals surface area (Å²) in [5, 5.41) is 0. The summed E-state index contributed by atoms with van der Waals surface area (Å²) in [6.07, 6.45) is 2.77. The van der Waals surface area contributed by atoms with Gasteiger partial charge in [0.2, 0.25) is 0 Å². The van der Waals surface area contributed by atoms with Crippen LogP contribution in [0.2, 0.25) is 0 Å². The second-order valence-corrected chi connectivity index (χ2v) is 8.99. The third-order valence-corrected chi connectivity index (χ3v) is 5.39. The molecule has 30 heavy (non-hydrogen) atoms. The Morgan fingerprint density at radius 2 is 1.60 bits per heavy atom. The Hall–Kier alpha value is -2.53. The summed E-state index contributed by atoms with van der Waals surface area (Å²) >= 11 is 0. The number of piperidine rings is 1. The fraction of sp³-hybridized carbons (Fsp3) is 0.480. The summed E-state index contributed by atoms with van der Waals surface area (Å²) < 4.78 is 11.3. The van der Waals surface area contributed by atoms with Crippen molar-refractivity contribution in [2.45, 2.75) is 51.7 Å². The second kappa shape index (κ2) is 9.98. The zero-order valence-electron chi connectivity index (χ0n) is 18.6. The highest BCUT2D eigenvalue weighted by Crippen LogP contribution is 2.22. The molecule has 0 aromatic heterocycles. The van der Waals surface area contributed by atoms with Crippen molar-refractivity contribution in [1.82, 2.24) is 9.80 Å². The second-order valence-electron chi connectivity index (χ2n) is 8.99. The van der Waals surface area contributed by atoms with Gasteiger partial charge >= 0.3 is 6.09 Å². The monoisotopic (exact) mass is 410 g/mol. The van der Waals surface area contributed by atoms with E-state index >= 15 is 0 Å². The molecular weight excluding hydrogens is 376 g/mol. The first kappa shape index (κ1) is 22.2. The molecule has 0 aliphatic carbocycles. The first-order valence-electron chi connectivity index (χ1n) is 10.8. The van der Waals surface area contributed by atoms with Crippen LogP contribution in [0.25, 0.3) is 0 Å². The molecule has 0 N–H and O–H groups in total. The van der Waals surface area contributed by atoms with Crippen molar-refractivity contribution in [1.29, 1.82) is 0 Å². The molecule has 1 heterocycles. The number of carbonyl (C=O) groups excluding carboxylic acids is 1. The summed E-state index contributed by atoms with van der Waals surface area (Å²) in [7, 11) is 2.18. The molecule has 1 amide bonds. The minimum Gasteiger partial charge on any atom is -0.457 e. The van der Waals surface area contributed by atoms with Crippen molar-refractivity contribution in [2.75, 3.05) is 26.7 Å². The number of hydrogen-bond acceptors (Lipinski definition) is 4. The number of amides is 1. The number of ether oxygens (including phenoxy) is 2. The Morgan fingerprint density at radius 3 is 2.20 bits per heavy atom. The van der Waals surface area contributed by atoms with Crippen LogP contribution in [0.5, 0.6) is 11.5 Å². The maximum absolute atomic E-state index is 12.2. The quantitative estimate of drug-likeness (QED) is 0.643. The highest BCUT2D eigenvalue weighted by atomic mass is 16.6. The molecule has 2 aromatic rings. The van der Waals surface area contributed by atoms with Crippen molar-refractivity contribution < 1.29 is 14.3 Å². The van der Waals surface area contributed by atoms with Gasteiger partial charge in [0.15, 0.2) is 0 Å². The first-order chi connectivity index (χ1) is 14.3. The highest BCUT2D eigenvalue weighted by molar-refractivity contribution is 5.68. The van der Waals surface area contributed by atoms with E-state index in [1.54, 1.807) is 0 Å². The molecule has 0 unspecified atom stereocenters. The van der Waals surface area contributed by atoms with Gasteiger partial charge in [-0.2, -0.15) is 0 Å². The average molecular weight is 411 g/mol. The number of para-hydroxylation sites is 1. The topological polar surface area (TPSA) is 42.0 Å². The number of likely N-dealkylation sites (N-methyl/N-ethyl adjacent to an activating group) is 1.